The maximum atomic E-state index is 12.9. The molecule has 1 aromatic rings. The highest BCUT2D eigenvalue weighted by molar-refractivity contribution is 5.94. The molecule has 24 heavy (non-hydrogen) atoms. The first-order valence-corrected chi connectivity index (χ1v) is 8.43. The largest absolute Gasteiger partial charge is 0.352 e. The van der Waals surface area contributed by atoms with Crippen molar-refractivity contribution in [1.29, 1.82) is 0 Å². The van der Waals surface area contributed by atoms with Crippen LogP contribution < -0.4 is 5.32 Å². The van der Waals surface area contributed by atoms with Crippen molar-refractivity contribution in [1.82, 2.24) is 15.1 Å². The molecule has 2 amide bonds. The van der Waals surface area contributed by atoms with Gasteiger partial charge in [0.2, 0.25) is 5.91 Å². The molecule has 2 rings (SSSR count). The van der Waals surface area contributed by atoms with Crippen LogP contribution in [0.5, 0.6) is 0 Å². The molecule has 1 fully saturated rings. The summed E-state index contributed by atoms with van der Waals surface area (Å²) in [6.07, 6.45) is 0. The predicted octanol–water partition coefficient (Wildman–Crippen LogP) is 1.74. The van der Waals surface area contributed by atoms with Crippen molar-refractivity contribution in [2.45, 2.75) is 26.8 Å². The summed E-state index contributed by atoms with van der Waals surface area (Å²) in [5.41, 5.74) is 0.494. The van der Waals surface area contributed by atoms with Crippen molar-refractivity contribution in [3.63, 3.8) is 0 Å². The Balaban J connectivity index is 1.79. The summed E-state index contributed by atoms with van der Waals surface area (Å²) in [6, 6.07) is 5.75. The molecule has 132 valence electrons. The molecule has 1 saturated heterocycles. The standard InChI is InChI=1S/C18H26FN3O2/c1-13(2)14(3)20-17(23)12-21-8-10-22(11-9-21)18(24)15-4-6-16(19)7-5-15/h4-7,13-14H,8-12H2,1-3H3,(H,20,23). The number of nitrogens with zero attached hydrogens (tertiary/aromatic N) is 2. The molecule has 1 aliphatic heterocycles. The van der Waals surface area contributed by atoms with Crippen LogP contribution in [0, 0.1) is 11.7 Å². The van der Waals surface area contributed by atoms with Crippen LogP contribution in [-0.4, -0.2) is 60.4 Å². The van der Waals surface area contributed by atoms with E-state index < -0.39 is 0 Å². The summed E-state index contributed by atoms with van der Waals surface area (Å²) in [5, 5.41) is 3.00. The third-order valence-electron chi connectivity index (χ3n) is 4.51. The number of carbonyl (C=O) groups is 2. The van der Waals surface area contributed by atoms with E-state index in [4.69, 9.17) is 0 Å². The lowest BCUT2D eigenvalue weighted by molar-refractivity contribution is -0.123. The third kappa shape index (κ3) is 5.03. The van der Waals surface area contributed by atoms with Gasteiger partial charge in [0.1, 0.15) is 5.82 Å². The first-order valence-electron chi connectivity index (χ1n) is 8.43. The van der Waals surface area contributed by atoms with E-state index in [0.717, 1.165) is 0 Å². The van der Waals surface area contributed by atoms with Crippen LogP contribution in [0.4, 0.5) is 4.39 Å². The summed E-state index contributed by atoms with van der Waals surface area (Å²) in [6.45, 7) is 8.98. The van der Waals surface area contributed by atoms with Crippen LogP contribution in [0.25, 0.3) is 0 Å². The van der Waals surface area contributed by atoms with Gasteiger partial charge < -0.3 is 10.2 Å². The van der Waals surface area contributed by atoms with Crippen LogP contribution in [0.2, 0.25) is 0 Å². The molecule has 1 aliphatic rings. The van der Waals surface area contributed by atoms with Crippen LogP contribution in [-0.2, 0) is 4.79 Å². The first kappa shape index (κ1) is 18.4. The maximum Gasteiger partial charge on any atom is 0.253 e. The molecule has 0 radical (unpaired) electrons. The van der Waals surface area contributed by atoms with Gasteiger partial charge in [0, 0.05) is 37.8 Å². The molecule has 0 spiro atoms. The topological polar surface area (TPSA) is 52.7 Å². The van der Waals surface area contributed by atoms with Crippen molar-refractivity contribution in [2.24, 2.45) is 5.92 Å². The fourth-order valence-electron chi connectivity index (χ4n) is 2.55. The quantitative estimate of drug-likeness (QED) is 0.892. The minimum Gasteiger partial charge on any atom is -0.352 e. The average Bonchev–Trinajstić information content (AvgIpc) is 2.55. The Kier molecular flexibility index (Phi) is 6.31. The molecular weight excluding hydrogens is 309 g/mol. The van der Waals surface area contributed by atoms with Gasteiger partial charge in [-0.25, -0.2) is 4.39 Å². The van der Waals surface area contributed by atoms with Crippen LogP contribution in [0.3, 0.4) is 0 Å². The van der Waals surface area contributed by atoms with Crippen molar-refractivity contribution >= 4 is 11.8 Å². The number of carbonyl (C=O) groups excluding carboxylic acids is 2. The maximum absolute atomic E-state index is 12.9. The minimum absolute atomic E-state index is 0.0227. The average molecular weight is 335 g/mol. The molecule has 1 aromatic carbocycles. The second kappa shape index (κ2) is 8.24. The van der Waals surface area contributed by atoms with Crippen molar-refractivity contribution in [3.05, 3.63) is 35.6 Å². The van der Waals surface area contributed by atoms with Gasteiger partial charge in [-0.1, -0.05) is 13.8 Å². The van der Waals surface area contributed by atoms with E-state index in [2.05, 4.69) is 24.1 Å². The zero-order chi connectivity index (χ0) is 17.7. The van der Waals surface area contributed by atoms with Crippen LogP contribution in [0.15, 0.2) is 24.3 Å². The van der Waals surface area contributed by atoms with E-state index in [9.17, 15) is 14.0 Å². The van der Waals surface area contributed by atoms with Gasteiger partial charge in [0.05, 0.1) is 6.54 Å². The fraction of sp³-hybridized carbons (Fsp3) is 0.556. The molecule has 1 atom stereocenters. The lowest BCUT2D eigenvalue weighted by Gasteiger charge is -2.34. The molecule has 1 N–H and O–H groups in total. The molecular formula is C18H26FN3O2. The van der Waals surface area contributed by atoms with E-state index in [-0.39, 0.29) is 23.7 Å². The number of amides is 2. The van der Waals surface area contributed by atoms with Crippen LogP contribution in [0.1, 0.15) is 31.1 Å². The van der Waals surface area contributed by atoms with Crippen molar-refractivity contribution in [2.75, 3.05) is 32.7 Å². The zero-order valence-electron chi connectivity index (χ0n) is 14.6. The van der Waals surface area contributed by atoms with E-state index >= 15 is 0 Å². The minimum atomic E-state index is -0.349. The fourth-order valence-corrected chi connectivity index (χ4v) is 2.55. The summed E-state index contributed by atoms with van der Waals surface area (Å²) in [4.78, 5) is 28.2. The van der Waals surface area contributed by atoms with Gasteiger partial charge in [-0.2, -0.15) is 0 Å². The van der Waals surface area contributed by atoms with E-state index in [1.54, 1.807) is 4.90 Å². The Hall–Kier alpha value is -1.95. The normalized spacial score (nSPS) is 17.0. The Labute approximate surface area is 142 Å². The predicted molar refractivity (Wildman–Crippen MR) is 91.2 cm³/mol. The number of hydrogen-bond donors (Lipinski definition) is 1. The number of benzene rings is 1. The van der Waals surface area contributed by atoms with Gasteiger partial charge in [0.25, 0.3) is 5.91 Å². The van der Waals surface area contributed by atoms with Gasteiger partial charge in [-0.3, -0.25) is 14.5 Å². The Morgan fingerprint density at radius 2 is 1.67 bits per heavy atom. The second-order valence-electron chi connectivity index (χ2n) is 6.68. The third-order valence-corrected chi connectivity index (χ3v) is 4.51. The molecule has 1 heterocycles. The summed E-state index contributed by atoms with van der Waals surface area (Å²) >= 11 is 0. The van der Waals surface area contributed by atoms with E-state index in [0.29, 0.717) is 44.2 Å². The molecule has 1 unspecified atom stereocenters. The first-order chi connectivity index (χ1) is 11.4. The SMILES string of the molecule is CC(C)C(C)NC(=O)CN1CCN(C(=O)c2ccc(F)cc2)CC1. The lowest BCUT2D eigenvalue weighted by Crippen LogP contribution is -2.52. The van der Waals surface area contributed by atoms with E-state index in [1.165, 1.54) is 24.3 Å². The molecule has 0 aromatic heterocycles. The highest BCUT2D eigenvalue weighted by Gasteiger charge is 2.23. The van der Waals surface area contributed by atoms with Crippen molar-refractivity contribution < 1.29 is 14.0 Å². The Morgan fingerprint density at radius 3 is 2.21 bits per heavy atom. The number of rotatable bonds is 5. The molecule has 0 saturated carbocycles. The molecule has 0 aliphatic carbocycles. The summed E-state index contributed by atoms with van der Waals surface area (Å²) in [5.74, 6) is -0.0146. The lowest BCUT2D eigenvalue weighted by atomic mass is 10.1. The van der Waals surface area contributed by atoms with E-state index in [1.807, 2.05) is 6.92 Å². The highest BCUT2D eigenvalue weighted by Crippen LogP contribution is 2.10. The van der Waals surface area contributed by atoms with Gasteiger partial charge in [0.15, 0.2) is 0 Å². The highest BCUT2D eigenvalue weighted by atomic mass is 19.1. The van der Waals surface area contributed by atoms with Crippen molar-refractivity contribution in [3.8, 4) is 0 Å². The van der Waals surface area contributed by atoms with Gasteiger partial charge in [-0.15, -0.1) is 0 Å². The number of nitrogens with one attached hydrogen (secondary N) is 1. The molecule has 0 bridgehead atoms. The monoisotopic (exact) mass is 335 g/mol. The van der Waals surface area contributed by atoms with Gasteiger partial charge >= 0.3 is 0 Å². The number of hydrogen-bond acceptors (Lipinski definition) is 3. The number of halogens is 1. The summed E-state index contributed by atoms with van der Waals surface area (Å²) in [7, 11) is 0. The Morgan fingerprint density at radius 1 is 1.08 bits per heavy atom. The molecule has 6 heteroatoms. The van der Waals surface area contributed by atoms with Gasteiger partial charge in [-0.05, 0) is 37.1 Å². The van der Waals surface area contributed by atoms with Crippen LogP contribution >= 0.6 is 0 Å². The smallest absolute Gasteiger partial charge is 0.253 e. The number of piperazine rings is 1. The Bertz CT molecular complexity index is 566. The second-order valence-corrected chi connectivity index (χ2v) is 6.68. The zero-order valence-corrected chi connectivity index (χ0v) is 14.6. The molecule has 5 nitrogen and oxygen atoms in total. The summed E-state index contributed by atoms with van der Waals surface area (Å²) < 4.78 is 12.9.